The van der Waals surface area contributed by atoms with Crippen LogP contribution in [0.2, 0.25) is 0 Å². The van der Waals surface area contributed by atoms with Gasteiger partial charge in [-0.05, 0) is 77.3 Å². The Balaban J connectivity index is 1.81. The van der Waals surface area contributed by atoms with E-state index in [0.29, 0.717) is 40.8 Å². The number of carbonyl (C=O) groups excluding carboxylic acids is 1. The van der Waals surface area contributed by atoms with Crippen LogP contribution in [0.1, 0.15) is 49.6 Å². The zero-order chi connectivity index (χ0) is 25.0. The molecule has 0 aliphatic carbocycles. The van der Waals surface area contributed by atoms with Gasteiger partial charge in [-0.15, -0.1) is 0 Å². The molecule has 1 saturated heterocycles. The fourth-order valence-corrected chi connectivity index (χ4v) is 4.91. The maximum Gasteiger partial charge on any atom is 0.410 e. The van der Waals surface area contributed by atoms with Crippen LogP contribution < -0.4 is 5.32 Å². The summed E-state index contributed by atoms with van der Waals surface area (Å²) >= 11 is 0. The topological polar surface area (TPSA) is 59.4 Å². The first-order valence-electron chi connectivity index (χ1n) is 11.5. The number of fused-ring (bicyclic) bond motifs is 1. The zero-order valence-corrected chi connectivity index (χ0v) is 20.8. The number of hydrogen-bond donors (Lipinski definition) is 1. The molecule has 3 aromatic rings. The van der Waals surface area contributed by atoms with E-state index in [9.17, 15) is 4.79 Å². The molecular weight excluding hydrogens is 438 g/mol. The minimum atomic E-state index is -0.954. The molecule has 8 heteroatoms. The number of aryl methyl sites for hydroxylation is 3. The summed E-state index contributed by atoms with van der Waals surface area (Å²) in [7, 11) is 1.76. The van der Waals surface area contributed by atoms with Crippen LogP contribution in [-0.2, 0) is 17.3 Å². The van der Waals surface area contributed by atoms with Crippen molar-refractivity contribution in [2.24, 2.45) is 7.05 Å². The molecular formula is C26H32F2N4O2. The Morgan fingerprint density at radius 3 is 2.53 bits per heavy atom. The van der Waals surface area contributed by atoms with Gasteiger partial charge in [-0.25, -0.2) is 13.6 Å². The number of rotatable bonds is 3. The number of hydrogen-bond acceptors (Lipinski definition) is 4. The van der Waals surface area contributed by atoms with Crippen LogP contribution in [0.4, 0.5) is 19.3 Å². The Morgan fingerprint density at radius 1 is 1.15 bits per heavy atom. The molecule has 2 aromatic carbocycles. The van der Waals surface area contributed by atoms with Gasteiger partial charge in [0.05, 0.1) is 28.7 Å². The molecule has 1 fully saturated rings. The molecule has 2 heterocycles. The van der Waals surface area contributed by atoms with E-state index in [1.165, 1.54) is 12.1 Å². The number of ether oxygens (including phenoxy) is 1. The lowest BCUT2D eigenvalue weighted by Crippen LogP contribution is -2.43. The fraction of sp³-hybridized carbons (Fsp3) is 0.462. The summed E-state index contributed by atoms with van der Waals surface area (Å²) < 4.78 is 37.7. The Morgan fingerprint density at radius 2 is 1.85 bits per heavy atom. The summed E-state index contributed by atoms with van der Waals surface area (Å²) in [4.78, 5) is 14.4. The Labute approximate surface area is 198 Å². The normalized spacial score (nSPS) is 18.6. The molecule has 1 atom stereocenters. The molecule has 1 aromatic heterocycles. The summed E-state index contributed by atoms with van der Waals surface area (Å²) in [6.45, 7) is 11.6. The van der Waals surface area contributed by atoms with Crippen molar-refractivity contribution >= 4 is 22.7 Å². The van der Waals surface area contributed by atoms with Crippen molar-refractivity contribution in [2.45, 2.75) is 59.1 Å². The maximum absolute atomic E-state index is 15.4. The van der Waals surface area contributed by atoms with Gasteiger partial charge in [-0.2, -0.15) is 5.10 Å². The minimum absolute atomic E-state index is 0.188. The van der Waals surface area contributed by atoms with Crippen LogP contribution in [0, 0.1) is 32.4 Å². The van der Waals surface area contributed by atoms with Gasteiger partial charge in [0, 0.05) is 24.8 Å². The second kappa shape index (κ2) is 8.25. The van der Waals surface area contributed by atoms with Crippen LogP contribution in [-0.4, -0.2) is 39.5 Å². The van der Waals surface area contributed by atoms with Crippen LogP contribution >= 0.6 is 0 Å². The number of carbonyl (C=O) groups is 1. The standard InChI is InChI=1S/C26H32F2N4O2/c1-15-8-9-19(27)23(16(15)2)26(10-11-32(14-26)24(33)34-25(4,5)6)29-18-12-20(28)22-17(3)30-31(7)21(22)13-18/h8-9,12-13,29H,10-11,14H2,1-7H3. The van der Waals surface area contributed by atoms with Gasteiger partial charge in [0.15, 0.2) is 0 Å². The molecule has 0 bridgehead atoms. The zero-order valence-electron chi connectivity index (χ0n) is 20.8. The van der Waals surface area contributed by atoms with Crippen molar-refractivity contribution in [1.29, 1.82) is 0 Å². The SMILES string of the molecule is Cc1ccc(F)c(C2(Nc3cc(F)c4c(C)nn(C)c4c3)CCN(C(=O)OC(C)(C)C)C2)c1C. The van der Waals surface area contributed by atoms with E-state index in [2.05, 4.69) is 10.4 Å². The second-order valence-corrected chi connectivity index (χ2v) is 10.3. The van der Waals surface area contributed by atoms with Gasteiger partial charge < -0.3 is 15.0 Å². The van der Waals surface area contributed by atoms with E-state index in [1.807, 2.05) is 40.7 Å². The van der Waals surface area contributed by atoms with Gasteiger partial charge in [-0.1, -0.05) is 6.07 Å². The van der Waals surface area contributed by atoms with Gasteiger partial charge in [0.1, 0.15) is 17.2 Å². The van der Waals surface area contributed by atoms with Crippen LogP contribution in [0.15, 0.2) is 24.3 Å². The lowest BCUT2D eigenvalue weighted by atomic mass is 9.83. The highest BCUT2D eigenvalue weighted by Gasteiger charge is 2.45. The first-order valence-corrected chi connectivity index (χ1v) is 11.5. The van der Waals surface area contributed by atoms with Gasteiger partial charge >= 0.3 is 6.09 Å². The van der Waals surface area contributed by atoms with E-state index in [0.717, 1.165) is 11.1 Å². The minimum Gasteiger partial charge on any atom is -0.444 e. The fourth-order valence-electron chi connectivity index (χ4n) is 4.91. The highest BCUT2D eigenvalue weighted by atomic mass is 19.1. The van der Waals surface area contributed by atoms with Gasteiger partial charge in [-0.3, -0.25) is 4.68 Å². The first kappa shape index (κ1) is 24.0. The number of nitrogens with zero attached hydrogens (tertiary/aromatic N) is 3. The van der Waals surface area contributed by atoms with Crippen molar-refractivity contribution in [2.75, 3.05) is 18.4 Å². The molecule has 0 saturated carbocycles. The quantitative estimate of drug-likeness (QED) is 0.532. The monoisotopic (exact) mass is 470 g/mol. The Bertz CT molecular complexity index is 1280. The largest absolute Gasteiger partial charge is 0.444 e. The first-order chi connectivity index (χ1) is 15.8. The molecule has 1 N–H and O–H groups in total. The third-order valence-electron chi connectivity index (χ3n) is 6.55. The third kappa shape index (κ3) is 4.21. The molecule has 34 heavy (non-hydrogen) atoms. The Hall–Kier alpha value is -3.16. The smallest absolute Gasteiger partial charge is 0.410 e. The number of likely N-dealkylation sites (tertiary alicyclic amines) is 1. The summed E-state index contributed by atoms with van der Waals surface area (Å²) in [6.07, 6.45) is -0.0110. The van der Waals surface area contributed by atoms with E-state index < -0.39 is 23.1 Å². The lowest BCUT2D eigenvalue weighted by molar-refractivity contribution is 0.0286. The van der Waals surface area contributed by atoms with Crippen molar-refractivity contribution in [1.82, 2.24) is 14.7 Å². The molecule has 6 nitrogen and oxygen atoms in total. The number of nitrogens with one attached hydrogen (secondary N) is 1. The van der Waals surface area contributed by atoms with Crippen LogP contribution in [0.3, 0.4) is 0 Å². The summed E-state index contributed by atoms with van der Waals surface area (Å²) in [6, 6.07) is 6.43. The van der Waals surface area contributed by atoms with E-state index in [-0.39, 0.29) is 12.4 Å². The lowest BCUT2D eigenvalue weighted by Gasteiger charge is -2.35. The number of benzene rings is 2. The number of halogens is 2. The van der Waals surface area contributed by atoms with Crippen molar-refractivity contribution in [3.63, 3.8) is 0 Å². The summed E-state index contributed by atoms with van der Waals surface area (Å²) in [5.74, 6) is -0.760. The van der Waals surface area contributed by atoms with Crippen LogP contribution in [0.5, 0.6) is 0 Å². The number of anilines is 1. The van der Waals surface area contributed by atoms with E-state index in [1.54, 1.807) is 29.6 Å². The van der Waals surface area contributed by atoms with Crippen molar-refractivity contribution in [3.05, 3.63) is 58.3 Å². The average Bonchev–Trinajstić information content (AvgIpc) is 3.26. The Kier molecular flexibility index (Phi) is 5.82. The summed E-state index contributed by atoms with van der Waals surface area (Å²) in [5, 5.41) is 8.21. The average molecular weight is 471 g/mol. The molecule has 4 rings (SSSR count). The molecule has 0 spiro atoms. The molecule has 1 unspecified atom stereocenters. The molecule has 1 aliphatic heterocycles. The van der Waals surface area contributed by atoms with Crippen molar-refractivity contribution in [3.8, 4) is 0 Å². The number of aromatic nitrogens is 2. The highest BCUT2D eigenvalue weighted by molar-refractivity contribution is 5.86. The van der Waals surface area contributed by atoms with Crippen LogP contribution in [0.25, 0.3) is 10.9 Å². The predicted molar refractivity (Wildman–Crippen MR) is 129 cm³/mol. The molecule has 182 valence electrons. The number of amides is 1. The van der Waals surface area contributed by atoms with E-state index >= 15 is 8.78 Å². The third-order valence-corrected chi connectivity index (χ3v) is 6.55. The highest BCUT2D eigenvalue weighted by Crippen LogP contribution is 2.41. The second-order valence-electron chi connectivity index (χ2n) is 10.3. The molecule has 0 radical (unpaired) electrons. The summed E-state index contributed by atoms with van der Waals surface area (Å²) in [5.41, 5.74) is 2.37. The molecule has 1 amide bonds. The maximum atomic E-state index is 15.4. The van der Waals surface area contributed by atoms with Crippen molar-refractivity contribution < 1.29 is 18.3 Å². The van der Waals surface area contributed by atoms with Gasteiger partial charge in [0.2, 0.25) is 0 Å². The van der Waals surface area contributed by atoms with E-state index in [4.69, 9.17) is 4.74 Å². The predicted octanol–water partition coefficient (Wildman–Crippen LogP) is 5.72. The molecule has 1 aliphatic rings. The van der Waals surface area contributed by atoms with Gasteiger partial charge in [0.25, 0.3) is 0 Å².